The van der Waals surface area contributed by atoms with Crippen LogP contribution >= 0.6 is 0 Å². The third kappa shape index (κ3) is 5.15. The molecule has 0 heterocycles. The Labute approximate surface area is 156 Å². The lowest BCUT2D eigenvalue weighted by Crippen LogP contribution is -2.27. The number of benzene rings is 2. The number of ether oxygens (including phenoxy) is 2. The highest BCUT2D eigenvalue weighted by molar-refractivity contribution is 5.94. The molecule has 146 valence electrons. The van der Waals surface area contributed by atoms with E-state index in [1.54, 1.807) is 18.2 Å². The average Bonchev–Trinajstić information content (AvgIpc) is 2.62. The summed E-state index contributed by atoms with van der Waals surface area (Å²) in [6.07, 6.45) is -4.47. The summed E-state index contributed by atoms with van der Waals surface area (Å²) in [5, 5.41) is 0. The smallest absolute Gasteiger partial charge is 0.416 e. The summed E-state index contributed by atoms with van der Waals surface area (Å²) in [4.78, 5) is 13.9. The quantitative estimate of drug-likeness (QED) is 0.693. The van der Waals surface area contributed by atoms with E-state index in [1.165, 1.54) is 30.1 Å². The lowest BCUT2D eigenvalue weighted by molar-refractivity contribution is -0.138. The molecule has 0 spiro atoms. The molecule has 0 radical (unpaired) electrons. The number of carbonyl (C=O) groups excluding carboxylic acids is 1. The molecular weight excluding hydrogens is 359 g/mol. The van der Waals surface area contributed by atoms with Gasteiger partial charge in [-0.3, -0.25) is 4.79 Å². The number of hydrogen-bond acceptors (Lipinski definition) is 3. The third-order valence-electron chi connectivity index (χ3n) is 3.87. The second-order valence-electron chi connectivity index (χ2n) is 5.84. The maximum Gasteiger partial charge on any atom is 0.416 e. The Hall–Kier alpha value is -2.70. The normalized spacial score (nSPS) is 11.2. The van der Waals surface area contributed by atoms with Crippen molar-refractivity contribution in [3.8, 4) is 11.5 Å². The number of nitrogens with zero attached hydrogens (tertiary/aromatic N) is 1. The number of amides is 1. The van der Waals surface area contributed by atoms with Gasteiger partial charge in [0.15, 0.2) is 11.5 Å². The van der Waals surface area contributed by atoms with Gasteiger partial charge in [-0.25, -0.2) is 0 Å². The second kappa shape index (κ2) is 8.79. The summed E-state index contributed by atoms with van der Waals surface area (Å²) in [5.74, 6) is 0.534. The highest BCUT2D eigenvalue weighted by atomic mass is 19.4. The third-order valence-corrected chi connectivity index (χ3v) is 3.87. The predicted octanol–water partition coefficient (Wildman–Crippen LogP) is 4.78. The van der Waals surface area contributed by atoms with Gasteiger partial charge >= 0.3 is 6.18 Å². The van der Waals surface area contributed by atoms with Gasteiger partial charge in [-0.15, -0.1) is 0 Å². The van der Waals surface area contributed by atoms with Gasteiger partial charge in [0, 0.05) is 19.2 Å². The zero-order chi connectivity index (χ0) is 20.0. The molecule has 2 aromatic rings. The van der Waals surface area contributed by atoms with Crippen LogP contribution in [0.25, 0.3) is 0 Å². The summed E-state index contributed by atoms with van der Waals surface area (Å²) in [7, 11) is 1.46. The summed E-state index contributed by atoms with van der Waals surface area (Å²) in [6.45, 7) is 4.32. The van der Waals surface area contributed by atoms with Crippen LogP contribution in [0, 0.1) is 0 Å². The molecule has 2 rings (SSSR count). The van der Waals surface area contributed by atoms with Crippen LogP contribution in [0.15, 0.2) is 42.5 Å². The van der Waals surface area contributed by atoms with Crippen molar-refractivity contribution in [2.75, 3.05) is 20.3 Å². The van der Waals surface area contributed by atoms with Crippen molar-refractivity contribution < 1.29 is 27.4 Å². The molecule has 27 heavy (non-hydrogen) atoms. The van der Waals surface area contributed by atoms with Crippen LogP contribution in [-0.2, 0) is 12.7 Å². The molecule has 0 aliphatic carbocycles. The maximum atomic E-state index is 13.1. The second-order valence-corrected chi connectivity index (χ2v) is 5.84. The van der Waals surface area contributed by atoms with Crippen LogP contribution in [0.2, 0.25) is 0 Å². The Morgan fingerprint density at radius 1 is 1.00 bits per heavy atom. The van der Waals surface area contributed by atoms with E-state index in [0.29, 0.717) is 30.3 Å². The van der Waals surface area contributed by atoms with Crippen molar-refractivity contribution in [1.29, 1.82) is 0 Å². The molecule has 0 saturated carbocycles. The molecule has 0 aromatic heterocycles. The molecule has 0 unspecified atom stereocenters. The number of halogens is 3. The summed E-state index contributed by atoms with van der Waals surface area (Å²) < 4.78 is 50.4. The van der Waals surface area contributed by atoms with Crippen LogP contribution in [0.4, 0.5) is 13.2 Å². The fraction of sp³-hybridized carbons (Fsp3) is 0.350. The number of rotatable bonds is 7. The molecule has 0 atom stereocenters. The summed E-state index contributed by atoms with van der Waals surface area (Å²) in [5.41, 5.74) is -0.392. The van der Waals surface area contributed by atoms with Gasteiger partial charge in [-0.05, 0) is 43.7 Å². The van der Waals surface area contributed by atoms with E-state index < -0.39 is 17.6 Å². The van der Waals surface area contributed by atoms with Crippen molar-refractivity contribution in [1.82, 2.24) is 4.90 Å². The number of hydrogen-bond donors (Lipinski definition) is 0. The van der Waals surface area contributed by atoms with Crippen molar-refractivity contribution >= 4 is 5.91 Å². The van der Waals surface area contributed by atoms with Crippen LogP contribution in [0.1, 0.15) is 35.3 Å². The largest absolute Gasteiger partial charge is 0.490 e. The van der Waals surface area contributed by atoms with Gasteiger partial charge in [0.25, 0.3) is 5.91 Å². The summed E-state index contributed by atoms with van der Waals surface area (Å²) >= 11 is 0. The Morgan fingerprint density at radius 2 is 1.63 bits per heavy atom. The van der Waals surface area contributed by atoms with Gasteiger partial charge < -0.3 is 14.4 Å². The molecule has 0 fully saturated rings. The minimum Gasteiger partial charge on any atom is -0.490 e. The minimum atomic E-state index is -4.47. The van der Waals surface area contributed by atoms with Crippen LogP contribution in [0.5, 0.6) is 11.5 Å². The fourth-order valence-electron chi connectivity index (χ4n) is 2.67. The molecule has 0 saturated heterocycles. The molecule has 4 nitrogen and oxygen atoms in total. The molecule has 0 bridgehead atoms. The van der Waals surface area contributed by atoms with E-state index in [-0.39, 0.29) is 12.1 Å². The highest BCUT2D eigenvalue weighted by Crippen LogP contribution is 2.33. The van der Waals surface area contributed by atoms with Gasteiger partial charge in [0.1, 0.15) is 0 Å². The van der Waals surface area contributed by atoms with Gasteiger partial charge in [0.2, 0.25) is 0 Å². The fourth-order valence-corrected chi connectivity index (χ4v) is 2.67. The van der Waals surface area contributed by atoms with E-state index in [4.69, 9.17) is 9.47 Å². The van der Waals surface area contributed by atoms with Gasteiger partial charge in [-0.1, -0.05) is 18.2 Å². The minimum absolute atomic E-state index is 0.0387. The molecule has 1 amide bonds. The van der Waals surface area contributed by atoms with Crippen molar-refractivity contribution in [2.45, 2.75) is 26.6 Å². The first-order chi connectivity index (χ1) is 12.8. The van der Waals surface area contributed by atoms with Gasteiger partial charge in [-0.2, -0.15) is 13.2 Å². The molecule has 7 heteroatoms. The first-order valence-electron chi connectivity index (χ1n) is 8.58. The number of carbonyl (C=O) groups is 1. The van der Waals surface area contributed by atoms with Crippen LogP contribution in [-0.4, -0.2) is 31.1 Å². The zero-order valence-corrected chi connectivity index (χ0v) is 15.5. The first-order valence-corrected chi connectivity index (χ1v) is 8.58. The SMILES string of the molecule is CCOc1ccc(C(=O)N(C)Cc2ccccc2C(F)(F)F)cc1OCC. The van der Waals surface area contributed by atoms with Crippen molar-refractivity contribution in [3.05, 3.63) is 59.2 Å². The van der Waals surface area contributed by atoms with E-state index >= 15 is 0 Å². The average molecular weight is 381 g/mol. The Balaban J connectivity index is 2.24. The highest BCUT2D eigenvalue weighted by Gasteiger charge is 2.33. The van der Waals surface area contributed by atoms with Gasteiger partial charge in [0.05, 0.1) is 18.8 Å². The van der Waals surface area contributed by atoms with E-state index in [9.17, 15) is 18.0 Å². The number of alkyl halides is 3. The maximum absolute atomic E-state index is 13.1. The molecule has 2 aromatic carbocycles. The lowest BCUT2D eigenvalue weighted by Gasteiger charge is -2.21. The van der Waals surface area contributed by atoms with E-state index in [2.05, 4.69) is 0 Å². The molecule has 0 N–H and O–H groups in total. The summed E-state index contributed by atoms with van der Waals surface area (Å²) in [6, 6.07) is 9.97. The molecular formula is C20H22F3NO3. The molecule has 0 aliphatic heterocycles. The Bertz CT molecular complexity index is 790. The van der Waals surface area contributed by atoms with E-state index in [0.717, 1.165) is 6.07 Å². The van der Waals surface area contributed by atoms with Crippen LogP contribution < -0.4 is 9.47 Å². The Morgan fingerprint density at radius 3 is 2.26 bits per heavy atom. The topological polar surface area (TPSA) is 38.8 Å². The standard InChI is InChI=1S/C20H22F3NO3/c1-4-26-17-11-10-14(12-18(17)27-5-2)19(25)24(3)13-15-8-6-7-9-16(15)20(21,22)23/h6-12H,4-5,13H2,1-3H3. The van der Waals surface area contributed by atoms with E-state index in [1.807, 2.05) is 13.8 Å². The van der Waals surface area contributed by atoms with Crippen molar-refractivity contribution in [3.63, 3.8) is 0 Å². The Kier molecular flexibility index (Phi) is 6.71. The zero-order valence-electron chi connectivity index (χ0n) is 15.5. The molecule has 0 aliphatic rings. The monoisotopic (exact) mass is 381 g/mol. The first kappa shape index (κ1) is 20.6. The van der Waals surface area contributed by atoms with Crippen molar-refractivity contribution in [2.24, 2.45) is 0 Å². The predicted molar refractivity (Wildman–Crippen MR) is 96.0 cm³/mol. The lowest BCUT2D eigenvalue weighted by atomic mass is 10.1. The van der Waals surface area contributed by atoms with Crippen LogP contribution in [0.3, 0.4) is 0 Å².